The van der Waals surface area contributed by atoms with Gasteiger partial charge in [-0.1, -0.05) is 6.92 Å². The Morgan fingerprint density at radius 2 is 1.68 bits per heavy atom. The Morgan fingerprint density at radius 3 is 2.19 bits per heavy atom. The van der Waals surface area contributed by atoms with Gasteiger partial charge in [0.05, 0.1) is 32.2 Å². The van der Waals surface area contributed by atoms with E-state index in [1.165, 1.54) is 11.4 Å². The summed E-state index contributed by atoms with van der Waals surface area (Å²) in [4.78, 5) is 12.8. The van der Waals surface area contributed by atoms with Crippen LogP contribution in [0.3, 0.4) is 0 Å². The molecule has 1 amide bonds. The average molecular weight is 451 g/mol. The highest BCUT2D eigenvalue weighted by Crippen LogP contribution is 2.29. The predicted octanol–water partition coefficient (Wildman–Crippen LogP) is 3.13. The van der Waals surface area contributed by atoms with Crippen molar-refractivity contribution in [1.82, 2.24) is 5.32 Å². The summed E-state index contributed by atoms with van der Waals surface area (Å²) >= 11 is 0. The van der Waals surface area contributed by atoms with Crippen LogP contribution in [0.1, 0.15) is 31.9 Å². The van der Waals surface area contributed by atoms with Crippen LogP contribution in [0.2, 0.25) is 0 Å². The summed E-state index contributed by atoms with van der Waals surface area (Å²) in [6, 6.07) is 11.6. The number of methoxy groups -OCH3 is 2. The minimum absolute atomic E-state index is 0.266. The van der Waals surface area contributed by atoms with Crippen LogP contribution in [0.4, 0.5) is 5.69 Å². The van der Waals surface area contributed by atoms with Gasteiger partial charge in [0, 0.05) is 12.6 Å². The number of carbonyl (C=O) groups is 1. The number of nitrogens with one attached hydrogen (secondary N) is 1. The molecular weight excluding hydrogens is 420 g/mol. The highest BCUT2D eigenvalue weighted by Gasteiger charge is 2.23. The van der Waals surface area contributed by atoms with Crippen molar-refractivity contribution in [3.63, 3.8) is 0 Å². The van der Waals surface area contributed by atoms with Crippen molar-refractivity contribution in [2.45, 2.75) is 32.4 Å². The number of nitrogens with zero attached hydrogens (tertiary/aromatic N) is 1. The van der Waals surface area contributed by atoms with Gasteiger partial charge in [-0.25, -0.2) is 8.42 Å². The molecule has 9 heteroatoms. The van der Waals surface area contributed by atoms with Crippen molar-refractivity contribution < 1.29 is 27.4 Å². The number of hydrogen-bond donors (Lipinski definition) is 1. The van der Waals surface area contributed by atoms with Gasteiger partial charge in [0.2, 0.25) is 10.0 Å². The Balaban J connectivity index is 2.10. The molecule has 2 aromatic rings. The molecule has 0 heterocycles. The second-order valence-electron chi connectivity index (χ2n) is 7.08. The number of hydrogen-bond acceptors (Lipinski definition) is 6. The van der Waals surface area contributed by atoms with Gasteiger partial charge in [0.25, 0.3) is 5.91 Å². The summed E-state index contributed by atoms with van der Waals surface area (Å²) in [6.45, 7) is 3.71. The van der Waals surface area contributed by atoms with Gasteiger partial charge in [0.1, 0.15) is 17.2 Å². The molecule has 170 valence electrons. The molecule has 31 heavy (non-hydrogen) atoms. The number of ether oxygens (including phenoxy) is 3. The van der Waals surface area contributed by atoms with E-state index in [4.69, 9.17) is 14.2 Å². The smallest absolute Gasteiger partial charge is 0.261 e. The van der Waals surface area contributed by atoms with Crippen LogP contribution < -0.4 is 23.8 Å². The SMILES string of the molecule is CC[C@H](Oc1ccc(N(C)S(C)(=O)=O)cc1)C(=O)N[C@H](C)c1cc(OC)ccc1OC. The van der Waals surface area contributed by atoms with Gasteiger partial charge in [-0.2, -0.15) is 0 Å². The standard InChI is InChI=1S/C22H30N2O6S/c1-7-20(30-17-10-8-16(9-11-17)24(3)31(6,26)27)22(25)23-15(2)19-14-18(28-4)12-13-21(19)29-5/h8-15,20H,7H2,1-6H3,(H,23,25)/t15-,20+/m1/s1. The van der Waals surface area contributed by atoms with E-state index >= 15 is 0 Å². The van der Waals surface area contributed by atoms with E-state index in [2.05, 4.69) is 5.32 Å². The fourth-order valence-electron chi connectivity index (χ4n) is 2.97. The Morgan fingerprint density at radius 1 is 1.06 bits per heavy atom. The van der Waals surface area contributed by atoms with Gasteiger partial charge in [-0.3, -0.25) is 9.10 Å². The van der Waals surface area contributed by atoms with E-state index in [1.807, 2.05) is 19.9 Å². The van der Waals surface area contributed by atoms with Gasteiger partial charge in [-0.15, -0.1) is 0 Å². The predicted molar refractivity (Wildman–Crippen MR) is 120 cm³/mol. The van der Waals surface area contributed by atoms with E-state index in [9.17, 15) is 13.2 Å². The van der Waals surface area contributed by atoms with Crippen molar-refractivity contribution >= 4 is 21.6 Å². The van der Waals surface area contributed by atoms with Crippen LogP contribution >= 0.6 is 0 Å². The maximum absolute atomic E-state index is 12.8. The molecule has 0 bridgehead atoms. The Kier molecular flexibility index (Phi) is 8.15. The summed E-state index contributed by atoms with van der Waals surface area (Å²) in [5.41, 5.74) is 1.30. The highest BCUT2D eigenvalue weighted by atomic mass is 32.2. The van der Waals surface area contributed by atoms with Crippen LogP contribution in [0.15, 0.2) is 42.5 Å². The maximum Gasteiger partial charge on any atom is 0.261 e. The summed E-state index contributed by atoms with van der Waals surface area (Å²) in [6.07, 6.45) is 0.879. The molecule has 0 aliphatic heterocycles. The van der Waals surface area contributed by atoms with Crippen molar-refractivity contribution in [3.05, 3.63) is 48.0 Å². The molecule has 0 saturated carbocycles. The molecule has 2 aromatic carbocycles. The quantitative estimate of drug-likeness (QED) is 0.598. The zero-order valence-corrected chi connectivity index (χ0v) is 19.5. The Bertz CT molecular complexity index is 992. The lowest BCUT2D eigenvalue weighted by molar-refractivity contribution is -0.128. The van der Waals surface area contributed by atoms with Crippen LogP contribution in [-0.2, 0) is 14.8 Å². The second kappa shape index (κ2) is 10.4. The van der Waals surface area contributed by atoms with Crippen LogP contribution in [0.5, 0.6) is 17.2 Å². The lowest BCUT2D eigenvalue weighted by Crippen LogP contribution is -2.39. The lowest BCUT2D eigenvalue weighted by Gasteiger charge is -2.22. The van der Waals surface area contributed by atoms with Crippen molar-refractivity contribution in [2.75, 3.05) is 31.8 Å². The fraction of sp³-hybridized carbons (Fsp3) is 0.409. The first-order valence-corrected chi connectivity index (χ1v) is 11.7. The lowest BCUT2D eigenvalue weighted by atomic mass is 10.1. The minimum Gasteiger partial charge on any atom is -0.497 e. The normalized spacial score (nSPS) is 13.1. The molecule has 0 aromatic heterocycles. The average Bonchev–Trinajstić information content (AvgIpc) is 2.76. The highest BCUT2D eigenvalue weighted by molar-refractivity contribution is 7.92. The molecule has 8 nitrogen and oxygen atoms in total. The topological polar surface area (TPSA) is 94.2 Å². The molecule has 0 saturated heterocycles. The first kappa shape index (κ1) is 24.3. The molecule has 0 spiro atoms. The monoisotopic (exact) mass is 450 g/mol. The zero-order chi connectivity index (χ0) is 23.2. The molecule has 0 aliphatic carbocycles. The molecule has 0 fully saturated rings. The number of sulfonamides is 1. The van der Waals surface area contributed by atoms with E-state index in [-0.39, 0.29) is 11.9 Å². The zero-order valence-electron chi connectivity index (χ0n) is 18.7. The summed E-state index contributed by atoms with van der Waals surface area (Å²) in [7, 11) is 1.27. The van der Waals surface area contributed by atoms with Gasteiger partial charge in [-0.05, 0) is 55.8 Å². The third-order valence-corrected chi connectivity index (χ3v) is 6.11. The van der Waals surface area contributed by atoms with Crippen molar-refractivity contribution in [2.24, 2.45) is 0 Å². The fourth-order valence-corrected chi connectivity index (χ4v) is 3.48. The molecule has 2 rings (SSSR count). The number of rotatable bonds is 10. The van der Waals surface area contributed by atoms with Crippen LogP contribution in [0.25, 0.3) is 0 Å². The largest absolute Gasteiger partial charge is 0.497 e. The number of amides is 1. The molecule has 0 radical (unpaired) electrons. The maximum atomic E-state index is 12.8. The summed E-state index contributed by atoms with van der Waals surface area (Å²) in [5.74, 6) is 1.52. The number of carbonyl (C=O) groups excluding carboxylic acids is 1. The van der Waals surface area contributed by atoms with E-state index in [0.717, 1.165) is 11.8 Å². The molecule has 0 aliphatic rings. The molecular formula is C22H30N2O6S. The number of benzene rings is 2. The van der Waals surface area contributed by atoms with E-state index < -0.39 is 16.1 Å². The summed E-state index contributed by atoms with van der Waals surface area (Å²) in [5, 5.41) is 2.96. The molecule has 0 unspecified atom stereocenters. The number of anilines is 1. The first-order valence-electron chi connectivity index (χ1n) is 9.83. The van der Waals surface area contributed by atoms with Crippen LogP contribution in [0, 0.1) is 0 Å². The molecule has 2 atom stereocenters. The molecule has 1 N–H and O–H groups in total. The minimum atomic E-state index is -3.35. The Hall–Kier alpha value is -2.94. The second-order valence-corrected chi connectivity index (χ2v) is 9.09. The summed E-state index contributed by atoms with van der Waals surface area (Å²) < 4.78 is 41.0. The van der Waals surface area contributed by atoms with E-state index in [0.29, 0.717) is 29.4 Å². The van der Waals surface area contributed by atoms with Crippen molar-refractivity contribution in [3.8, 4) is 17.2 Å². The van der Waals surface area contributed by atoms with Crippen molar-refractivity contribution in [1.29, 1.82) is 0 Å². The van der Waals surface area contributed by atoms with Gasteiger partial charge in [0.15, 0.2) is 6.10 Å². The third-order valence-electron chi connectivity index (χ3n) is 4.90. The third kappa shape index (κ3) is 6.27. The van der Waals surface area contributed by atoms with E-state index in [1.54, 1.807) is 50.6 Å². The Labute approximate surface area is 184 Å². The van der Waals surface area contributed by atoms with Crippen LogP contribution in [-0.4, -0.2) is 48.0 Å². The first-order chi connectivity index (χ1) is 14.6. The van der Waals surface area contributed by atoms with Gasteiger partial charge >= 0.3 is 0 Å². The van der Waals surface area contributed by atoms with Gasteiger partial charge < -0.3 is 19.5 Å².